The van der Waals surface area contributed by atoms with Crippen LogP contribution in [0.25, 0.3) is 0 Å². The second kappa shape index (κ2) is 11.0. The summed E-state index contributed by atoms with van der Waals surface area (Å²) >= 11 is 0. The molecule has 0 heterocycles. The van der Waals surface area contributed by atoms with Crippen molar-refractivity contribution in [1.29, 1.82) is 0 Å². The fourth-order valence-corrected chi connectivity index (χ4v) is 2.72. The Hall–Kier alpha value is -3.39. The van der Waals surface area contributed by atoms with E-state index in [2.05, 4.69) is 10.6 Å². The van der Waals surface area contributed by atoms with Crippen LogP contribution in [-0.4, -0.2) is 46.4 Å². The minimum atomic E-state index is -1.37. The number of amides is 2. The molecule has 0 fully saturated rings. The van der Waals surface area contributed by atoms with Gasteiger partial charge in [-0.15, -0.1) is 0 Å². The smallest absolute Gasteiger partial charge is 0.408 e. The number of carbonyl (C=O) groups excluding carboxylic acids is 2. The van der Waals surface area contributed by atoms with Crippen LogP contribution in [0.5, 0.6) is 0 Å². The van der Waals surface area contributed by atoms with Crippen LogP contribution in [-0.2, 0) is 27.4 Å². The monoisotopic (exact) mass is 414 g/mol. The summed E-state index contributed by atoms with van der Waals surface area (Å²) in [6.07, 6.45) is -2.10. The van der Waals surface area contributed by atoms with Gasteiger partial charge in [0.05, 0.1) is 6.10 Å². The molecule has 160 valence electrons. The number of carboxylic acid groups (broad SMARTS) is 1. The second-order valence-electron chi connectivity index (χ2n) is 7.01. The Bertz CT molecular complexity index is 852. The quantitative estimate of drug-likeness (QED) is 0.496. The van der Waals surface area contributed by atoms with Gasteiger partial charge in [0.15, 0.2) is 0 Å². The van der Waals surface area contributed by atoms with Gasteiger partial charge in [-0.1, -0.05) is 60.2 Å². The Balaban J connectivity index is 1.97. The van der Waals surface area contributed by atoms with Crippen LogP contribution in [0.2, 0.25) is 0 Å². The number of nitrogens with one attached hydrogen (secondary N) is 2. The summed E-state index contributed by atoms with van der Waals surface area (Å²) in [5.74, 6) is -2.04. The topological polar surface area (TPSA) is 125 Å². The first-order chi connectivity index (χ1) is 14.3. The van der Waals surface area contributed by atoms with Crippen LogP contribution < -0.4 is 10.6 Å². The third kappa shape index (κ3) is 7.21. The summed E-state index contributed by atoms with van der Waals surface area (Å²) in [5.41, 5.74) is 2.52. The molecule has 2 rings (SSSR count). The number of aliphatic carboxylic acids is 1. The Morgan fingerprint density at radius 2 is 1.60 bits per heavy atom. The normalized spacial score (nSPS) is 13.6. The fourth-order valence-electron chi connectivity index (χ4n) is 2.72. The molecule has 2 amide bonds. The van der Waals surface area contributed by atoms with Gasteiger partial charge >= 0.3 is 12.1 Å². The van der Waals surface area contributed by atoms with Gasteiger partial charge in [-0.2, -0.15) is 0 Å². The number of aryl methyl sites for hydroxylation is 1. The highest BCUT2D eigenvalue weighted by Crippen LogP contribution is 2.08. The Morgan fingerprint density at radius 1 is 0.967 bits per heavy atom. The van der Waals surface area contributed by atoms with E-state index in [-0.39, 0.29) is 13.0 Å². The first-order valence-electron chi connectivity index (χ1n) is 9.50. The van der Waals surface area contributed by atoms with E-state index in [9.17, 15) is 24.6 Å². The third-order valence-electron chi connectivity index (χ3n) is 4.43. The molecule has 0 radical (unpaired) electrons. The van der Waals surface area contributed by atoms with Crippen LogP contribution >= 0.6 is 0 Å². The zero-order chi connectivity index (χ0) is 22.1. The molecule has 8 nitrogen and oxygen atoms in total. The molecule has 0 aliphatic rings. The van der Waals surface area contributed by atoms with Crippen molar-refractivity contribution < 1.29 is 29.3 Å². The van der Waals surface area contributed by atoms with Crippen molar-refractivity contribution in [2.24, 2.45) is 0 Å². The van der Waals surface area contributed by atoms with E-state index in [1.54, 1.807) is 36.4 Å². The fraction of sp³-hybridized carbons (Fsp3) is 0.318. The molecule has 0 saturated heterocycles. The molecule has 0 aromatic heterocycles. The second-order valence-corrected chi connectivity index (χ2v) is 7.01. The van der Waals surface area contributed by atoms with Crippen molar-refractivity contribution in [3.63, 3.8) is 0 Å². The van der Waals surface area contributed by atoms with Crippen molar-refractivity contribution in [3.8, 4) is 0 Å². The summed E-state index contributed by atoms with van der Waals surface area (Å²) in [4.78, 5) is 36.2. The number of alkyl carbamates (subject to hydrolysis) is 1. The van der Waals surface area contributed by atoms with E-state index >= 15 is 0 Å². The molecule has 2 aromatic carbocycles. The molecule has 4 N–H and O–H groups in total. The van der Waals surface area contributed by atoms with Crippen LogP contribution in [0, 0.1) is 6.92 Å². The van der Waals surface area contributed by atoms with E-state index in [4.69, 9.17) is 4.74 Å². The lowest BCUT2D eigenvalue weighted by Gasteiger charge is -2.23. The number of aliphatic hydroxyl groups excluding tert-OH is 1. The van der Waals surface area contributed by atoms with Crippen LogP contribution in [0.3, 0.4) is 0 Å². The maximum Gasteiger partial charge on any atom is 0.408 e. The van der Waals surface area contributed by atoms with Gasteiger partial charge in [-0.25, -0.2) is 9.59 Å². The maximum atomic E-state index is 12.5. The lowest BCUT2D eigenvalue weighted by atomic mass is 10.0. The van der Waals surface area contributed by atoms with Crippen molar-refractivity contribution in [1.82, 2.24) is 10.6 Å². The van der Waals surface area contributed by atoms with Gasteiger partial charge in [0.25, 0.3) is 0 Å². The molecule has 8 heteroatoms. The minimum Gasteiger partial charge on any atom is -0.480 e. The number of benzene rings is 2. The van der Waals surface area contributed by atoms with Gasteiger partial charge in [0.2, 0.25) is 5.91 Å². The van der Waals surface area contributed by atoms with Crippen molar-refractivity contribution in [3.05, 3.63) is 71.3 Å². The first-order valence-corrected chi connectivity index (χ1v) is 9.50. The number of aliphatic hydroxyl groups is 1. The molecule has 0 aliphatic carbocycles. The molecular formula is C22H26N2O6. The van der Waals surface area contributed by atoms with Gasteiger partial charge < -0.3 is 25.6 Å². The SMILES string of the molecule is Cc1ccc(C[C@@H](NC(=O)[C@@H](NC(=O)OCc2ccccc2)[C@@H](C)O)C(=O)O)cc1. The van der Waals surface area contributed by atoms with Crippen molar-refractivity contribution in [2.75, 3.05) is 0 Å². The summed E-state index contributed by atoms with van der Waals surface area (Å²) in [7, 11) is 0. The average Bonchev–Trinajstić information content (AvgIpc) is 2.71. The summed E-state index contributed by atoms with van der Waals surface area (Å²) in [6.45, 7) is 3.22. The molecule has 0 saturated carbocycles. The van der Waals surface area contributed by atoms with Crippen LogP contribution in [0.1, 0.15) is 23.6 Å². The van der Waals surface area contributed by atoms with E-state index < -0.39 is 36.2 Å². The van der Waals surface area contributed by atoms with Gasteiger partial charge in [-0.3, -0.25) is 4.79 Å². The lowest BCUT2D eigenvalue weighted by molar-refractivity contribution is -0.142. The third-order valence-corrected chi connectivity index (χ3v) is 4.43. The number of carboxylic acids is 1. The van der Waals surface area contributed by atoms with Crippen LogP contribution in [0.4, 0.5) is 4.79 Å². The number of rotatable bonds is 9. The highest BCUT2D eigenvalue weighted by molar-refractivity contribution is 5.89. The molecule has 0 unspecified atom stereocenters. The molecule has 2 aromatic rings. The van der Waals surface area contributed by atoms with Gasteiger partial charge in [0, 0.05) is 6.42 Å². The Labute approximate surface area is 174 Å². The van der Waals surface area contributed by atoms with E-state index in [0.717, 1.165) is 16.7 Å². The molecule has 0 spiro atoms. The highest BCUT2D eigenvalue weighted by atomic mass is 16.5. The average molecular weight is 414 g/mol. The summed E-state index contributed by atoms with van der Waals surface area (Å²) < 4.78 is 5.06. The zero-order valence-electron chi connectivity index (χ0n) is 16.9. The first kappa shape index (κ1) is 22.9. The van der Waals surface area contributed by atoms with E-state index in [0.29, 0.717) is 0 Å². The van der Waals surface area contributed by atoms with Crippen molar-refractivity contribution >= 4 is 18.0 Å². The molecule has 0 bridgehead atoms. The predicted molar refractivity (Wildman–Crippen MR) is 110 cm³/mol. The van der Waals surface area contributed by atoms with Crippen LogP contribution in [0.15, 0.2) is 54.6 Å². The number of carbonyl (C=O) groups is 3. The maximum absolute atomic E-state index is 12.5. The highest BCUT2D eigenvalue weighted by Gasteiger charge is 2.30. The number of hydrogen-bond acceptors (Lipinski definition) is 5. The van der Waals surface area contributed by atoms with E-state index in [1.165, 1.54) is 6.92 Å². The Morgan fingerprint density at radius 3 is 2.17 bits per heavy atom. The molecule has 30 heavy (non-hydrogen) atoms. The number of hydrogen-bond donors (Lipinski definition) is 4. The molecular weight excluding hydrogens is 388 g/mol. The molecule has 0 aliphatic heterocycles. The standard InChI is InChI=1S/C22H26N2O6/c1-14-8-10-16(11-9-14)12-18(21(27)28)23-20(26)19(15(2)25)24-22(29)30-13-17-6-4-3-5-7-17/h3-11,15,18-19,25H,12-13H2,1-2H3,(H,23,26)(H,24,29)(H,27,28)/t15-,18-,19+/m1/s1. The lowest BCUT2D eigenvalue weighted by Crippen LogP contribution is -2.56. The summed E-state index contributed by atoms with van der Waals surface area (Å²) in [6, 6.07) is 13.6. The predicted octanol–water partition coefficient (Wildman–Crippen LogP) is 1.78. The van der Waals surface area contributed by atoms with Gasteiger partial charge in [-0.05, 0) is 25.0 Å². The number of ether oxygens (including phenoxy) is 1. The largest absolute Gasteiger partial charge is 0.480 e. The van der Waals surface area contributed by atoms with E-state index in [1.807, 2.05) is 25.1 Å². The minimum absolute atomic E-state index is 0.00794. The Kier molecular flexibility index (Phi) is 8.37. The van der Waals surface area contributed by atoms with Crippen molar-refractivity contribution in [2.45, 2.75) is 45.1 Å². The summed E-state index contributed by atoms with van der Waals surface area (Å²) in [5, 5.41) is 24.0. The van der Waals surface area contributed by atoms with Gasteiger partial charge in [0.1, 0.15) is 18.7 Å². The zero-order valence-corrected chi connectivity index (χ0v) is 16.9. The molecule has 3 atom stereocenters.